The molecule has 31 heavy (non-hydrogen) atoms. The quantitative estimate of drug-likeness (QED) is 0.477. The van der Waals surface area contributed by atoms with Gasteiger partial charge in [-0.25, -0.2) is 0 Å². The molecule has 1 aliphatic carbocycles. The van der Waals surface area contributed by atoms with Gasteiger partial charge in [0.2, 0.25) is 0 Å². The van der Waals surface area contributed by atoms with Gasteiger partial charge in [0.05, 0.1) is 6.10 Å². The summed E-state index contributed by atoms with van der Waals surface area (Å²) in [7, 11) is 0. The molecule has 2 aromatic carbocycles. The Bertz CT molecular complexity index is 845. The second-order valence-corrected chi connectivity index (χ2v) is 10.9. The van der Waals surface area contributed by atoms with Crippen molar-refractivity contribution in [2.75, 3.05) is 12.3 Å². The number of nitrogens with one attached hydrogen (secondary N) is 1. The molecule has 4 heteroatoms. The highest BCUT2D eigenvalue weighted by atomic mass is 32.2. The average molecular weight is 440 g/mol. The third-order valence-electron chi connectivity index (χ3n) is 6.48. The highest BCUT2D eigenvalue weighted by Crippen LogP contribution is 2.38. The molecule has 0 bridgehead atoms. The molecule has 1 N–H and O–H groups in total. The second-order valence-electron chi connectivity index (χ2n) is 9.24. The third-order valence-corrected chi connectivity index (χ3v) is 7.58. The van der Waals surface area contributed by atoms with E-state index in [-0.39, 0.29) is 6.10 Å². The minimum absolute atomic E-state index is 0.155. The summed E-state index contributed by atoms with van der Waals surface area (Å²) in [4.78, 5) is 0. The molecule has 0 aromatic heterocycles. The molecule has 2 aromatic rings. The number of fused-ring (bicyclic) bond motifs is 1. The van der Waals surface area contributed by atoms with E-state index >= 15 is 0 Å². The Morgan fingerprint density at radius 2 is 1.87 bits per heavy atom. The summed E-state index contributed by atoms with van der Waals surface area (Å²) in [6.07, 6.45) is 7.25. The zero-order chi connectivity index (χ0) is 21.6. The van der Waals surface area contributed by atoms with Crippen LogP contribution < -0.4 is 14.8 Å². The Labute approximate surface area is 192 Å². The number of rotatable bonds is 8. The Morgan fingerprint density at radius 1 is 1.06 bits per heavy atom. The van der Waals surface area contributed by atoms with E-state index in [1.807, 2.05) is 11.8 Å². The number of benzene rings is 2. The maximum atomic E-state index is 6.37. The van der Waals surface area contributed by atoms with E-state index in [9.17, 15) is 0 Å². The van der Waals surface area contributed by atoms with Crippen LogP contribution in [0.5, 0.6) is 11.5 Å². The monoisotopic (exact) mass is 439 g/mol. The fourth-order valence-electron chi connectivity index (χ4n) is 4.74. The maximum Gasteiger partial charge on any atom is 0.124 e. The summed E-state index contributed by atoms with van der Waals surface area (Å²) in [5.41, 5.74) is 3.89. The van der Waals surface area contributed by atoms with Gasteiger partial charge in [-0.15, -0.1) is 0 Å². The fraction of sp³-hybridized carbons (Fsp3) is 0.556. The summed E-state index contributed by atoms with van der Waals surface area (Å²) in [5, 5.41) is 4.45. The van der Waals surface area contributed by atoms with E-state index < -0.39 is 0 Å². The first-order chi connectivity index (χ1) is 15.1. The number of hydrogen-bond acceptors (Lipinski definition) is 4. The summed E-state index contributed by atoms with van der Waals surface area (Å²) in [6, 6.07) is 15.6. The first-order valence-corrected chi connectivity index (χ1v) is 13.0. The largest absolute Gasteiger partial charge is 0.490 e. The predicted molar refractivity (Wildman–Crippen MR) is 132 cm³/mol. The van der Waals surface area contributed by atoms with Crippen LogP contribution in [0.2, 0.25) is 0 Å². The lowest BCUT2D eigenvalue weighted by molar-refractivity contribution is 0.139. The third kappa shape index (κ3) is 6.20. The Balaban J connectivity index is 1.26. The smallest absolute Gasteiger partial charge is 0.124 e. The van der Waals surface area contributed by atoms with E-state index in [4.69, 9.17) is 9.47 Å². The van der Waals surface area contributed by atoms with Crippen LogP contribution in [0.25, 0.3) is 0 Å². The van der Waals surface area contributed by atoms with Gasteiger partial charge in [-0.05, 0) is 85.6 Å². The van der Waals surface area contributed by atoms with Crippen molar-refractivity contribution in [1.29, 1.82) is 0 Å². The zero-order valence-corrected chi connectivity index (χ0v) is 20.0. The minimum atomic E-state index is 0.155. The van der Waals surface area contributed by atoms with Crippen LogP contribution in [0, 0.1) is 6.92 Å². The van der Waals surface area contributed by atoms with E-state index in [0.717, 1.165) is 49.0 Å². The van der Waals surface area contributed by atoms with Gasteiger partial charge in [-0.3, -0.25) is 0 Å². The molecule has 1 atom stereocenters. The molecule has 1 unspecified atom stereocenters. The first-order valence-electron chi connectivity index (χ1n) is 11.9. The van der Waals surface area contributed by atoms with Crippen molar-refractivity contribution < 1.29 is 9.47 Å². The standard InChI is InChI=1S/C27H37NO2S/c1-19(2)31-17-16-28-22-9-11-23(12-10-22)29-24-13-15-26-21(18-24)8-14-27(30-26)25-7-5-4-6-20(25)3/h4-7,13,15,18-19,22-23,27-28H,8-12,14,16-17H2,1-3H3. The van der Waals surface area contributed by atoms with Crippen LogP contribution in [-0.2, 0) is 6.42 Å². The lowest BCUT2D eigenvalue weighted by atomic mass is 9.92. The van der Waals surface area contributed by atoms with Crippen molar-refractivity contribution in [2.24, 2.45) is 0 Å². The highest BCUT2D eigenvalue weighted by Gasteiger charge is 2.25. The maximum absolute atomic E-state index is 6.37. The summed E-state index contributed by atoms with van der Waals surface area (Å²) < 4.78 is 12.7. The molecule has 0 spiro atoms. The van der Waals surface area contributed by atoms with Gasteiger partial charge in [0.15, 0.2) is 0 Å². The van der Waals surface area contributed by atoms with Gasteiger partial charge in [-0.1, -0.05) is 38.1 Å². The van der Waals surface area contributed by atoms with Gasteiger partial charge in [-0.2, -0.15) is 11.8 Å². The van der Waals surface area contributed by atoms with Crippen molar-refractivity contribution in [3.05, 3.63) is 59.2 Å². The normalized spacial score (nSPS) is 23.3. The summed E-state index contributed by atoms with van der Waals surface area (Å²) in [6.45, 7) is 7.82. The van der Waals surface area contributed by atoms with Gasteiger partial charge in [0, 0.05) is 18.3 Å². The van der Waals surface area contributed by atoms with Crippen molar-refractivity contribution in [2.45, 2.75) is 82.8 Å². The van der Waals surface area contributed by atoms with Crippen LogP contribution >= 0.6 is 11.8 Å². The fourth-order valence-corrected chi connectivity index (χ4v) is 5.45. The molecule has 1 aliphatic heterocycles. The second kappa shape index (κ2) is 10.8. The van der Waals surface area contributed by atoms with Gasteiger partial charge < -0.3 is 14.8 Å². The van der Waals surface area contributed by atoms with Gasteiger partial charge in [0.1, 0.15) is 17.6 Å². The molecule has 0 amide bonds. The minimum Gasteiger partial charge on any atom is -0.490 e. The molecule has 1 saturated carbocycles. The SMILES string of the molecule is Cc1ccccc1C1CCc2cc(OC3CCC(NCCSC(C)C)CC3)ccc2O1. The summed E-state index contributed by atoms with van der Waals surface area (Å²) in [5.74, 6) is 3.22. The van der Waals surface area contributed by atoms with Crippen molar-refractivity contribution in [3.8, 4) is 11.5 Å². The number of thioether (sulfide) groups is 1. The Morgan fingerprint density at radius 3 is 2.65 bits per heavy atom. The predicted octanol–water partition coefficient (Wildman–Crippen LogP) is 6.48. The topological polar surface area (TPSA) is 30.5 Å². The van der Waals surface area contributed by atoms with E-state index in [0.29, 0.717) is 12.1 Å². The average Bonchev–Trinajstić information content (AvgIpc) is 2.78. The number of ether oxygens (including phenoxy) is 2. The van der Waals surface area contributed by atoms with Crippen molar-refractivity contribution in [1.82, 2.24) is 5.32 Å². The first kappa shape index (κ1) is 22.5. The van der Waals surface area contributed by atoms with E-state index in [2.05, 4.69) is 68.6 Å². The van der Waals surface area contributed by atoms with Crippen LogP contribution in [0.1, 0.15) is 68.7 Å². The lowest BCUT2D eigenvalue weighted by Gasteiger charge is -2.31. The lowest BCUT2D eigenvalue weighted by Crippen LogP contribution is -2.37. The molecule has 4 rings (SSSR count). The molecule has 1 heterocycles. The highest BCUT2D eigenvalue weighted by molar-refractivity contribution is 7.99. The van der Waals surface area contributed by atoms with Crippen LogP contribution in [0.4, 0.5) is 0 Å². The van der Waals surface area contributed by atoms with Crippen LogP contribution in [-0.4, -0.2) is 29.7 Å². The molecule has 1 fully saturated rings. The molecular weight excluding hydrogens is 402 g/mol. The van der Waals surface area contributed by atoms with Gasteiger partial charge in [0.25, 0.3) is 0 Å². The Hall–Kier alpha value is -1.65. The van der Waals surface area contributed by atoms with E-state index in [1.165, 1.54) is 35.3 Å². The number of aryl methyl sites for hydroxylation is 2. The molecule has 0 saturated heterocycles. The van der Waals surface area contributed by atoms with Gasteiger partial charge >= 0.3 is 0 Å². The molecule has 2 aliphatic rings. The molecule has 0 radical (unpaired) electrons. The zero-order valence-electron chi connectivity index (χ0n) is 19.2. The van der Waals surface area contributed by atoms with E-state index in [1.54, 1.807) is 0 Å². The Kier molecular flexibility index (Phi) is 7.84. The summed E-state index contributed by atoms with van der Waals surface area (Å²) >= 11 is 2.04. The van der Waals surface area contributed by atoms with Crippen molar-refractivity contribution in [3.63, 3.8) is 0 Å². The molecule has 3 nitrogen and oxygen atoms in total. The van der Waals surface area contributed by atoms with Crippen molar-refractivity contribution >= 4 is 11.8 Å². The number of hydrogen-bond donors (Lipinski definition) is 1. The van der Waals surface area contributed by atoms with Crippen LogP contribution in [0.3, 0.4) is 0 Å². The molecule has 168 valence electrons. The molecular formula is C27H37NO2S. The van der Waals surface area contributed by atoms with Crippen LogP contribution in [0.15, 0.2) is 42.5 Å².